The van der Waals surface area contributed by atoms with Crippen LogP contribution in [-0.4, -0.2) is 63.6 Å². The van der Waals surface area contributed by atoms with E-state index < -0.39 is 11.7 Å². The third-order valence-corrected chi connectivity index (χ3v) is 6.90. The van der Waals surface area contributed by atoms with Crippen LogP contribution in [0.2, 0.25) is 0 Å². The molecule has 1 fully saturated rings. The highest BCUT2D eigenvalue weighted by atomic mass is 19.1. The summed E-state index contributed by atoms with van der Waals surface area (Å²) in [6, 6.07) is 15.0. The molecule has 210 valence electrons. The monoisotopic (exact) mass is 554 g/mol. The Bertz CT molecular complexity index is 1600. The van der Waals surface area contributed by atoms with Crippen molar-refractivity contribution in [2.45, 2.75) is 25.9 Å². The number of benzene rings is 2. The first-order chi connectivity index (χ1) is 19.9. The summed E-state index contributed by atoms with van der Waals surface area (Å²) < 4.78 is 19.3. The molecule has 0 spiro atoms. The average Bonchev–Trinajstić information content (AvgIpc) is 3.40. The number of aliphatic hydroxyl groups excluding tert-OH is 1. The van der Waals surface area contributed by atoms with Gasteiger partial charge in [0.15, 0.2) is 17.3 Å². The fourth-order valence-electron chi connectivity index (χ4n) is 4.72. The fraction of sp³-hybridized carbons (Fsp3) is 0.226. The number of anilines is 1. The molecule has 0 aliphatic carbocycles. The minimum atomic E-state index is -0.492. The summed E-state index contributed by atoms with van der Waals surface area (Å²) in [4.78, 5) is 23.6. The molecule has 1 saturated heterocycles. The Morgan fingerprint density at radius 3 is 2.78 bits per heavy atom. The molecule has 4 aromatic rings. The number of likely N-dealkylation sites (tertiary alicyclic amines) is 1. The van der Waals surface area contributed by atoms with Gasteiger partial charge in [-0.05, 0) is 73.5 Å². The van der Waals surface area contributed by atoms with Crippen LogP contribution in [0.25, 0.3) is 16.5 Å². The van der Waals surface area contributed by atoms with Gasteiger partial charge in [-0.25, -0.2) is 9.37 Å². The first kappa shape index (κ1) is 27.9. The van der Waals surface area contributed by atoms with E-state index >= 15 is 0 Å². The van der Waals surface area contributed by atoms with Crippen LogP contribution in [0.15, 0.2) is 83.6 Å². The van der Waals surface area contributed by atoms with Gasteiger partial charge < -0.3 is 15.2 Å². The number of aliphatic imine (C=N–C) groups is 1. The van der Waals surface area contributed by atoms with Gasteiger partial charge in [0.05, 0.1) is 23.5 Å². The van der Waals surface area contributed by atoms with Gasteiger partial charge in [-0.1, -0.05) is 24.3 Å². The van der Waals surface area contributed by atoms with Crippen molar-refractivity contribution in [1.82, 2.24) is 20.1 Å². The summed E-state index contributed by atoms with van der Waals surface area (Å²) in [7, 11) is 0. The molecule has 0 bridgehead atoms. The van der Waals surface area contributed by atoms with Gasteiger partial charge in [0, 0.05) is 37.3 Å². The number of hydrogen-bond donors (Lipinski definition) is 3. The van der Waals surface area contributed by atoms with Crippen LogP contribution >= 0.6 is 0 Å². The number of piperidine rings is 1. The molecule has 1 aliphatic heterocycles. The molecule has 2 aromatic heterocycles. The molecule has 5 rings (SSSR count). The topological polar surface area (TPSA) is 116 Å². The average molecular weight is 555 g/mol. The Labute approximate surface area is 237 Å². The van der Waals surface area contributed by atoms with Gasteiger partial charge in [0.1, 0.15) is 0 Å². The lowest BCUT2D eigenvalue weighted by Gasteiger charge is -2.29. The number of halogens is 1. The Morgan fingerprint density at radius 2 is 2.05 bits per heavy atom. The number of nitrogens with one attached hydrogen (secondary N) is 2. The number of ether oxygens (including phenoxy) is 1. The van der Waals surface area contributed by atoms with E-state index in [0.717, 1.165) is 48.2 Å². The number of amides is 1. The summed E-state index contributed by atoms with van der Waals surface area (Å²) >= 11 is 0. The van der Waals surface area contributed by atoms with Crippen LogP contribution in [-0.2, 0) is 0 Å². The fourth-order valence-corrected chi connectivity index (χ4v) is 4.72. The van der Waals surface area contributed by atoms with Crippen LogP contribution in [0.4, 0.5) is 10.1 Å². The Balaban J connectivity index is 1.30. The second kappa shape index (κ2) is 12.7. The first-order valence-electron chi connectivity index (χ1n) is 13.3. The number of H-pyrrole nitrogens is 1. The van der Waals surface area contributed by atoms with Gasteiger partial charge in [-0.3, -0.25) is 19.8 Å². The summed E-state index contributed by atoms with van der Waals surface area (Å²) in [6.45, 7) is 8.00. The molecule has 1 aliphatic rings. The summed E-state index contributed by atoms with van der Waals surface area (Å²) in [5.74, 6) is -0.630. The standard InChI is InChI=1S/C31H31FN6O3/c1-20(15-21(17-33-2)19-38-13-11-24(39)12-14-38)22-7-9-27-25(16-22)30(37-36-27)31(40)35-23-8-10-29(34-18-23)41-28-6-4-3-5-26(28)32/h3-10,15-18,24,39H,2,11-14,19H2,1H3,(H,35,40)(H,36,37)/b20-15+,21-17+. The summed E-state index contributed by atoms with van der Waals surface area (Å²) in [6.07, 6.45) is 6.56. The highest BCUT2D eigenvalue weighted by molar-refractivity contribution is 6.11. The third-order valence-electron chi connectivity index (χ3n) is 6.90. The SMILES string of the molecule is C=N/C=C(\C=C(/C)c1ccc2[nH]nc(C(=O)Nc3ccc(Oc4ccccc4F)nc3)c2c1)CN1CCC(O)CC1. The van der Waals surface area contributed by atoms with Crippen molar-refractivity contribution < 1.29 is 19.0 Å². The second-order valence-electron chi connectivity index (χ2n) is 9.93. The van der Waals surface area contributed by atoms with E-state index in [0.29, 0.717) is 17.6 Å². The van der Waals surface area contributed by atoms with Crippen LogP contribution in [0.3, 0.4) is 0 Å². The third kappa shape index (κ3) is 6.92. The van der Waals surface area contributed by atoms with Gasteiger partial charge in [0.2, 0.25) is 5.88 Å². The molecule has 9 nitrogen and oxygen atoms in total. The largest absolute Gasteiger partial charge is 0.436 e. The van der Waals surface area contributed by atoms with Crippen molar-refractivity contribution in [2.75, 3.05) is 25.0 Å². The number of aliphatic hydroxyl groups is 1. The number of carbonyl (C=O) groups is 1. The maximum atomic E-state index is 13.9. The van der Waals surface area contributed by atoms with E-state index in [9.17, 15) is 14.3 Å². The number of para-hydroxylation sites is 1. The quantitative estimate of drug-likeness (QED) is 0.184. The Morgan fingerprint density at radius 1 is 1.24 bits per heavy atom. The molecular weight excluding hydrogens is 523 g/mol. The minimum absolute atomic E-state index is 0.0645. The van der Waals surface area contributed by atoms with Crippen molar-refractivity contribution in [3.05, 3.63) is 95.7 Å². The molecule has 0 unspecified atom stereocenters. The predicted molar refractivity (Wildman–Crippen MR) is 158 cm³/mol. The number of aromatic nitrogens is 3. The van der Waals surface area contributed by atoms with E-state index in [2.05, 4.69) is 43.2 Å². The number of fused-ring (bicyclic) bond motifs is 1. The zero-order chi connectivity index (χ0) is 28.8. The van der Waals surface area contributed by atoms with Gasteiger partial charge in [0.25, 0.3) is 5.91 Å². The van der Waals surface area contributed by atoms with Crippen molar-refractivity contribution in [3.63, 3.8) is 0 Å². The highest BCUT2D eigenvalue weighted by Crippen LogP contribution is 2.26. The molecule has 3 heterocycles. The molecule has 0 saturated carbocycles. The number of aromatic amines is 1. The van der Waals surface area contributed by atoms with Crippen LogP contribution in [0.1, 0.15) is 35.8 Å². The van der Waals surface area contributed by atoms with Crippen molar-refractivity contribution in [3.8, 4) is 11.6 Å². The lowest BCUT2D eigenvalue weighted by atomic mass is 10.0. The molecule has 41 heavy (non-hydrogen) atoms. The second-order valence-corrected chi connectivity index (χ2v) is 9.93. The molecule has 3 N–H and O–H groups in total. The molecule has 0 atom stereocenters. The minimum Gasteiger partial charge on any atom is -0.436 e. The van der Waals surface area contributed by atoms with E-state index in [1.807, 2.05) is 25.1 Å². The van der Waals surface area contributed by atoms with E-state index in [4.69, 9.17) is 4.74 Å². The van der Waals surface area contributed by atoms with E-state index in [-0.39, 0.29) is 23.4 Å². The van der Waals surface area contributed by atoms with Crippen LogP contribution < -0.4 is 10.1 Å². The maximum absolute atomic E-state index is 13.9. The van der Waals surface area contributed by atoms with Crippen LogP contribution in [0, 0.1) is 5.82 Å². The normalized spacial score (nSPS) is 15.2. The lowest BCUT2D eigenvalue weighted by Crippen LogP contribution is -2.36. The van der Waals surface area contributed by atoms with Crippen molar-refractivity contribution >= 4 is 34.8 Å². The number of rotatable bonds is 9. The zero-order valence-electron chi connectivity index (χ0n) is 22.7. The highest BCUT2D eigenvalue weighted by Gasteiger charge is 2.18. The van der Waals surface area contributed by atoms with E-state index in [1.54, 1.807) is 30.5 Å². The molecular formula is C31H31FN6O3. The zero-order valence-corrected chi connectivity index (χ0v) is 22.7. The molecule has 2 aromatic carbocycles. The number of nitrogens with zero attached hydrogens (tertiary/aromatic N) is 4. The smallest absolute Gasteiger partial charge is 0.276 e. The van der Waals surface area contributed by atoms with Crippen molar-refractivity contribution in [2.24, 2.45) is 4.99 Å². The summed E-state index contributed by atoms with van der Waals surface area (Å²) in [5, 5.41) is 20.4. The van der Waals surface area contributed by atoms with Crippen molar-refractivity contribution in [1.29, 1.82) is 0 Å². The molecule has 10 heteroatoms. The van der Waals surface area contributed by atoms with Gasteiger partial charge in [-0.15, -0.1) is 0 Å². The predicted octanol–water partition coefficient (Wildman–Crippen LogP) is 5.59. The summed E-state index contributed by atoms with van der Waals surface area (Å²) in [5.41, 5.74) is 4.37. The Hall–Kier alpha value is -4.67. The molecule has 0 radical (unpaired) electrons. The lowest BCUT2D eigenvalue weighted by molar-refractivity contribution is 0.0872. The van der Waals surface area contributed by atoms with Gasteiger partial charge >= 0.3 is 0 Å². The maximum Gasteiger partial charge on any atom is 0.276 e. The van der Waals surface area contributed by atoms with Gasteiger partial charge in [-0.2, -0.15) is 5.10 Å². The number of pyridine rings is 1. The Kier molecular flexibility index (Phi) is 8.61. The van der Waals surface area contributed by atoms with Crippen LogP contribution in [0.5, 0.6) is 11.6 Å². The first-order valence-corrected chi connectivity index (χ1v) is 13.3. The number of carbonyl (C=O) groups excluding carboxylic acids is 1. The number of hydrogen-bond acceptors (Lipinski definition) is 7. The molecule has 1 amide bonds. The van der Waals surface area contributed by atoms with E-state index in [1.165, 1.54) is 18.3 Å². The number of allylic oxidation sites excluding steroid dienone is 1.